The van der Waals surface area contributed by atoms with E-state index < -0.39 is 0 Å². The van der Waals surface area contributed by atoms with E-state index in [2.05, 4.69) is 17.6 Å². The van der Waals surface area contributed by atoms with Crippen LogP contribution in [0, 0.1) is 5.92 Å². The molecule has 2 aliphatic heterocycles. The summed E-state index contributed by atoms with van der Waals surface area (Å²) in [5.41, 5.74) is 0. The lowest BCUT2D eigenvalue weighted by Crippen LogP contribution is -2.49. The van der Waals surface area contributed by atoms with Gasteiger partial charge in [-0.3, -0.25) is 0 Å². The Morgan fingerprint density at radius 2 is 1.94 bits per heavy atom. The minimum Gasteiger partial charge on any atom is -0.335 e. The van der Waals surface area contributed by atoms with E-state index >= 15 is 0 Å². The van der Waals surface area contributed by atoms with Crippen LogP contribution in [-0.2, 0) is 0 Å². The van der Waals surface area contributed by atoms with Crippen LogP contribution in [0.2, 0.25) is 0 Å². The maximum Gasteiger partial charge on any atom is 0.317 e. The highest BCUT2D eigenvalue weighted by Gasteiger charge is 2.23. The SMILES string of the molecule is CC(NC(=O)N1CCCCCC1)C1CCCNC1. The smallest absolute Gasteiger partial charge is 0.317 e. The fourth-order valence-electron chi connectivity index (χ4n) is 2.98. The first-order valence-electron chi connectivity index (χ1n) is 7.53. The van der Waals surface area contributed by atoms with Crippen molar-refractivity contribution in [3.05, 3.63) is 0 Å². The molecule has 2 aliphatic rings. The van der Waals surface area contributed by atoms with Crippen LogP contribution in [0.3, 0.4) is 0 Å². The first-order chi connectivity index (χ1) is 8.77. The fourth-order valence-corrected chi connectivity index (χ4v) is 2.98. The first-order valence-corrected chi connectivity index (χ1v) is 7.53. The third kappa shape index (κ3) is 3.87. The van der Waals surface area contributed by atoms with Gasteiger partial charge in [0.2, 0.25) is 0 Å². The Morgan fingerprint density at radius 3 is 2.56 bits per heavy atom. The number of hydrogen-bond acceptors (Lipinski definition) is 2. The van der Waals surface area contributed by atoms with Gasteiger partial charge < -0.3 is 15.5 Å². The van der Waals surface area contributed by atoms with Crippen LogP contribution >= 0.6 is 0 Å². The standard InChI is InChI=1S/C14H27N3O/c1-12(13-7-6-8-15-11-13)16-14(18)17-9-4-2-3-5-10-17/h12-13,15H,2-11H2,1H3,(H,16,18). The van der Waals surface area contributed by atoms with Crippen LogP contribution < -0.4 is 10.6 Å². The molecule has 4 nitrogen and oxygen atoms in total. The number of urea groups is 1. The number of piperidine rings is 1. The zero-order chi connectivity index (χ0) is 12.8. The van der Waals surface area contributed by atoms with Gasteiger partial charge in [0.15, 0.2) is 0 Å². The number of carbonyl (C=O) groups is 1. The lowest BCUT2D eigenvalue weighted by Gasteiger charge is -2.31. The Morgan fingerprint density at radius 1 is 1.22 bits per heavy atom. The monoisotopic (exact) mass is 253 g/mol. The molecule has 0 spiro atoms. The minimum atomic E-state index is 0.148. The van der Waals surface area contributed by atoms with Crippen molar-refractivity contribution in [2.75, 3.05) is 26.2 Å². The summed E-state index contributed by atoms with van der Waals surface area (Å²) < 4.78 is 0. The molecule has 2 rings (SSSR count). The van der Waals surface area contributed by atoms with E-state index in [-0.39, 0.29) is 12.1 Å². The molecule has 18 heavy (non-hydrogen) atoms. The third-order valence-corrected chi connectivity index (χ3v) is 4.29. The number of nitrogens with zero attached hydrogens (tertiary/aromatic N) is 1. The second-order valence-corrected chi connectivity index (χ2v) is 5.75. The molecule has 2 unspecified atom stereocenters. The van der Waals surface area contributed by atoms with Gasteiger partial charge in [-0.05, 0) is 51.6 Å². The summed E-state index contributed by atoms with van der Waals surface area (Å²) in [5, 5.41) is 6.61. The van der Waals surface area contributed by atoms with Gasteiger partial charge in [0.1, 0.15) is 0 Å². The van der Waals surface area contributed by atoms with Gasteiger partial charge in [-0.15, -0.1) is 0 Å². The number of rotatable bonds is 2. The second kappa shape index (κ2) is 6.98. The van der Waals surface area contributed by atoms with E-state index in [0.29, 0.717) is 5.92 Å². The van der Waals surface area contributed by atoms with Gasteiger partial charge in [0, 0.05) is 19.1 Å². The Hall–Kier alpha value is -0.770. The molecule has 0 aromatic rings. The van der Waals surface area contributed by atoms with Crippen molar-refractivity contribution in [3.8, 4) is 0 Å². The van der Waals surface area contributed by atoms with Gasteiger partial charge >= 0.3 is 6.03 Å². The van der Waals surface area contributed by atoms with Crippen LogP contribution in [0.15, 0.2) is 0 Å². The van der Waals surface area contributed by atoms with E-state index in [9.17, 15) is 4.79 Å². The van der Waals surface area contributed by atoms with Crippen molar-refractivity contribution in [3.63, 3.8) is 0 Å². The van der Waals surface area contributed by atoms with Crippen LogP contribution in [0.4, 0.5) is 4.79 Å². The van der Waals surface area contributed by atoms with Crippen LogP contribution in [0.1, 0.15) is 45.4 Å². The van der Waals surface area contributed by atoms with Gasteiger partial charge in [-0.25, -0.2) is 4.79 Å². The Balaban J connectivity index is 1.77. The molecule has 2 saturated heterocycles. The predicted molar refractivity (Wildman–Crippen MR) is 73.6 cm³/mol. The summed E-state index contributed by atoms with van der Waals surface area (Å²) in [6.45, 7) is 6.18. The number of hydrogen-bond donors (Lipinski definition) is 2. The van der Waals surface area contributed by atoms with Crippen molar-refractivity contribution in [1.82, 2.24) is 15.5 Å². The van der Waals surface area contributed by atoms with E-state index in [1.165, 1.54) is 25.7 Å². The van der Waals surface area contributed by atoms with Crippen LogP contribution in [0.5, 0.6) is 0 Å². The zero-order valence-corrected chi connectivity index (χ0v) is 11.6. The highest BCUT2D eigenvalue weighted by molar-refractivity contribution is 5.74. The van der Waals surface area contributed by atoms with Crippen LogP contribution in [-0.4, -0.2) is 43.2 Å². The second-order valence-electron chi connectivity index (χ2n) is 5.75. The predicted octanol–water partition coefficient (Wildman–Crippen LogP) is 1.96. The Bertz CT molecular complexity index is 256. The molecule has 0 aromatic heterocycles. The molecule has 2 N–H and O–H groups in total. The Kier molecular flexibility index (Phi) is 5.29. The molecule has 0 saturated carbocycles. The third-order valence-electron chi connectivity index (χ3n) is 4.29. The molecule has 0 radical (unpaired) electrons. The van der Waals surface area contributed by atoms with E-state index in [1.54, 1.807) is 0 Å². The summed E-state index contributed by atoms with van der Waals surface area (Å²) >= 11 is 0. The van der Waals surface area contributed by atoms with Gasteiger partial charge in [0.05, 0.1) is 0 Å². The maximum absolute atomic E-state index is 12.2. The highest BCUT2D eigenvalue weighted by atomic mass is 16.2. The van der Waals surface area contributed by atoms with Crippen LogP contribution in [0.25, 0.3) is 0 Å². The zero-order valence-electron chi connectivity index (χ0n) is 11.6. The molecule has 104 valence electrons. The van der Waals surface area contributed by atoms with Crippen molar-refractivity contribution in [2.24, 2.45) is 5.92 Å². The Labute approximate surface area is 110 Å². The molecule has 0 bridgehead atoms. The largest absolute Gasteiger partial charge is 0.335 e. The topological polar surface area (TPSA) is 44.4 Å². The highest BCUT2D eigenvalue weighted by Crippen LogP contribution is 2.15. The average Bonchev–Trinajstić information content (AvgIpc) is 2.68. The summed E-state index contributed by atoms with van der Waals surface area (Å²) in [7, 11) is 0. The summed E-state index contributed by atoms with van der Waals surface area (Å²) in [6.07, 6.45) is 7.32. The van der Waals surface area contributed by atoms with Gasteiger partial charge in [-0.1, -0.05) is 12.8 Å². The van der Waals surface area contributed by atoms with E-state index in [4.69, 9.17) is 0 Å². The van der Waals surface area contributed by atoms with Gasteiger partial charge in [-0.2, -0.15) is 0 Å². The van der Waals surface area contributed by atoms with Crippen molar-refractivity contribution >= 4 is 6.03 Å². The lowest BCUT2D eigenvalue weighted by molar-refractivity contribution is 0.188. The minimum absolute atomic E-state index is 0.148. The number of carbonyl (C=O) groups excluding carboxylic acids is 1. The molecular formula is C14H27N3O. The van der Waals surface area contributed by atoms with Crippen molar-refractivity contribution in [1.29, 1.82) is 0 Å². The van der Waals surface area contributed by atoms with Crippen molar-refractivity contribution < 1.29 is 4.79 Å². The first kappa shape index (κ1) is 13.7. The molecule has 0 aromatic carbocycles. The van der Waals surface area contributed by atoms with E-state index in [0.717, 1.165) is 39.0 Å². The number of amides is 2. The fraction of sp³-hybridized carbons (Fsp3) is 0.929. The number of likely N-dealkylation sites (tertiary alicyclic amines) is 1. The van der Waals surface area contributed by atoms with Crippen molar-refractivity contribution in [2.45, 2.75) is 51.5 Å². The normalized spacial score (nSPS) is 27.4. The van der Waals surface area contributed by atoms with Gasteiger partial charge in [0.25, 0.3) is 0 Å². The molecular weight excluding hydrogens is 226 g/mol. The average molecular weight is 253 g/mol. The lowest BCUT2D eigenvalue weighted by atomic mass is 9.93. The summed E-state index contributed by atoms with van der Waals surface area (Å²) in [5.74, 6) is 0.592. The number of nitrogens with one attached hydrogen (secondary N) is 2. The molecule has 2 atom stereocenters. The molecule has 4 heteroatoms. The molecule has 0 aliphatic carbocycles. The summed E-state index contributed by atoms with van der Waals surface area (Å²) in [4.78, 5) is 14.2. The maximum atomic E-state index is 12.2. The van der Waals surface area contributed by atoms with E-state index in [1.807, 2.05) is 4.90 Å². The molecule has 2 heterocycles. The molecule has 2 fully saturated rings. The molecule has 2 amide bonds. The quantitative estimate of drug-likeness (QED) is 0.790. The summed E-state index contributed by atoms with van der Waals surface area (Å²) in [6, 6.07) is 0.434.